The lowest BCUT2D eigenvalue weighted by atomic mass is 10.0. The zero-order chi connectivity index (χ0) is 13.3. The van der Waals surface area contributed by atoms with Gasteiger partial charge in [0.25, 0.3) is 0 Å². The number of amides is 2. The van der Waals surface area contributed by atoms with Crippen molar-refractivity contribution in [2.75, 3.05) is 12.3 Å². The zero-order valence-electron chi connectivity index (χ0n) is 9.88. The molecule has 7 heteroatoms. The fourth-order valence-electron chi connectivity index (χ4n) is 2.11. The van der Waals surface area contributed by atoms with E-state index in [4.69, 9.17) is 5.11 Å². The van der Waals surface area contributed by atoms with Gasteiger partial charge in [0.2, 0.25) is 11.8 Å². The first kappa shape index (κ1) is 12.9. The molecule has 0 bridgehead atoms. The largest absolute Gasteiger partial charge is 0.479 e. The van der Waals surface area contributed by atoms with E-state index in [1.165, 1.54) is 23.6 Å². The van der Waals surface area contributed by atoms with Gasteiger partial charge in [-0.2, -0.15) is 0 Å². The number of hydrogen-bond donors (Lipinski definition) is 2. The van der Waals surface area contributed by atoms with E-state index < -0.39 is 12.0 Å². The van der Waals surface area contributed by atoms with Crippen molar-refractivity contribution in [3.05, 3.63) is 11.0 Å². The maximum absolute atomic E-state index is 11.4. The van der Waals surface area contributed by atoms with Gasteiger partial charge in [0.1, 0.15) is 0 Å². The minimum atomic E-state index is -0.996. The Morgan fingerprint density at radius 1 is 1.61 bits per heavy atom. The predicted octanol–water partition coefficient (Wildman–Crippen LogP) is -0.193. The summed E-state index contributed by atoms with van der Waals surface area (Å²) in [7, 11) is 0. The maximum atomic E-state index is 11.4. The van der Waals surface area contributed by atoms with Gasteiger partial charge in [-0.3, -0.25) is 9.59 Å². The first-order chi connectivity index (χ1) is 8.50. The molecule has 18 heavy (non-hydrogen) atoms. The van der Waals surface area contributed by atoms with E-state index in [-0.39, 0.29) is 17.9 Å². The quantitative estimate of drug-likeness (QED) is 0.534. The summed E-state index contributed by atoms with van der Waals surface area (Å²) >= 11 is 1.38. The van der Waals surface area contributed by atoms with Crippen molar-refractivity contribution in [1.29, 1.82) is 0 Å². The van der Waals surface area contributed by atoms with E-state index in [2.05, 4.69) is 5.32 Å². The second kappa shape index (κ2) is 5.01. The number of nitrogens with one attached hydrogen (secondary N) is 1. The predicted molar refractivity (Wildman–Crippen MR) is 65.9 cm³/mol. The fourth-order valence-corrected chi connectivity index (χ4v) is 3.18. The van der Waals surface area contributed by atoms with Crippen molar-refractivity contribution in [2.24, 2.45) is 0 Å². The molecule has 2 atom stereocenters. The van der Waals surface area contributed by atoms with Crippen molar-refractivity contribution >= 4 is 29.5 Å². The number of nitrogens with zero attached hydrogens (tertiary/aromatic N) is 1. The average molecular weight is 270 g/mol. The van der Waals surface area contributed by atoms with Crippen LogP contribution >= 0.6 is 11.8 Å². The van der Waals surface area contributed by atoms with Crippen LogP contribution in [0.4, 0.5) is 0 Å². The molecule has 2 rings (SSSR count). The maximum Gasteiger partial charge on any atom is 0.331 e. The molecule has 6 nitrogen and oxygen atoms in total. The highest BCUT2D eigenvalue weighted by Gasteiger charge is 2.49. The summed E-state index contributed by atoms with van der Waals surface area (Å²) in [5.41, 5.74) is 0. The monoisotopic (exact) mass is 270 g/mol. The van der Waals surface area contributed by atoms with Gasteiger partial charge in [0.05, 0.1) is 12.5 Å². The number of carboxylic acids is 1. The van der Waals surface area contributed by atoms with E-state index in [0.29, 0.717) is 23.6 Å². The number of fused-ring (bicyclic) bond motifs is 1. The Balaban J connectivity index is 1.91. The van der Waals surface area contributed by atoms with Crippen LogP contribution in [0.15, 0.2) is 11.0 Å². The van der Waals surface area contributed by atoms with Gasteiger partial charge in [-0.15, -0.1) is 11.8 Å². The minimum Gasteiger partial charge on any atom is -0.479 e. The molecule has 0 spiro atoms. The van der Waals surface area contributed by atoms with Crippen LogP contribution in [0, 0.1) is 0 Å². The summed E-state index contributed by atoms with van der Waals surface area (Å²) in [6.07, 6.45) is 2.25. The number of thioether (sulfide) groups is 1. The second-order valence-electron chi connectivity index (χ2n) is 4.21. The molecule has 2 aliphatic rings. The summed E-state index contributed by atoms with van der Waals surface area (Å²) < 4.78 is 0. The van der Waals surface area contributed by atoms with Gasteiger partial charge in [0.15, 0.2) is 6.04 Å². The van der Waals surface area contributed by atoms with Crippen LogP contribution in [0.25, 0.3) is 0 Å². The molecule has 0 saturated carbocycles. The van der Waals surface area contributed by atoms with Crippen molar-refractivity contribution in [1.82, 2.24) is 10.2 Å². The molecular weight excluding hydrogens is 256 g/mol. The number of hydrogen-bond acceptors (Lipinski definition) is 4. The number of carboxylic acid groups (broad SMARTS) is 1. The van der Waals surface area contributed by atoms with Gasteiger partial charge >= 0.3 is 5.97 Å². The van der Waals surface area contributed by atoms with Crippen LogP contribution < -0.4 is 5.32 Å². The lowest BCUT2D eigenvalue weighted by molar-refractivity contribution is -0.155. The topological polar surface area (TPSA) is 86.7 Å². The van der Waals surface area contributed by atoms with Crippen molar-refractivity contribution in [2.45, 2.75) is 25.4 Å². The third-order valence-corrected chi connectivity index (χ3v) is 4.01. The van der Waals surface area contributed by atoms with E-state index in [9.17, 15) is 14.4 Å². The van der Waals surface area contributed by atoms with Gasteiger partial charge in [0, 0.05) is 24.1 Å². The van der Waals surface area contributed by atoms with Crippen LogP contribution in [0.3, 0.4) is 0 Å². The lowest BCUT2D eigenvalue weighted by Crippen LogP contribution is -2.55. The van der Waals surface area contributed by atoms with Crippen LogP contribution in [0.1, 0.15) is 13.3 Å². The molecule has 0 aromatic carbocycles. The van der Waals surface area contributed by atoms with Crippen LogP contribution in [-0.4, -0.2) is 52.2 Å². The Labute approximate surface area is 108 Å². The van der Waals surface area contributed by atoms with Crippen LogP contribution in [0.2, 0.25) is 0 Å². The highest BCUT2D eigenvalue weighted by Crippen LogP contribution is 2.39. The Morgan fingerprint density at radius 3 is 2.89 bits per heavy atom. The molecule has 0 aromatic heterocycles. The Kier molecular flexibility index (Phi) is 3.60. The third-order valence-electron chi connectivity index (χ3n) is 2.91. The molecule has 1 fully saturated rings. The van der Waals surface area contributed by atoms with E-state index in [1.807, 2.05) is 6.08 Å². The Hall–Kier alpha value is -1.50. The number of β-lactam (4-membered cyclic amide) rings is 1. The molecule has 0 aromatic rings. The number of carbonyl (C=O) groups is 3. The smallest absolute Gasteiger partial charge is 0.331 e. The normalized spacial score (nSPS) is 25.3. The molecule has 2 aliphatic heterocycles. The summed E-state index contributed by atoms with van der Waals surface area (Å²) in [5.74, 6) is -0.612. The summed E-state index contributed by atoms with van der Waals surface area (Å²) in [6.45, 7) is 1.92. The number of rotatable bonds is 5. The van der Waals surface area contributed by atoms with Gasteiger partial charge in [-0.05, 0) is 6.08 Å². The van der Waals surface area contributed by atoms with E-state index >= 15 is 0 Å². The number of aliphatic carboxylic acids is 1. The molecule has 0 aliphatic carbocycles. The van der Waals surface area contributed by atoms with Crippen molar-refractivity contribution in [3.8, 4) is 0 Å². The average Bonchev–Trinajstić information content (AvgIpc) is 2.57. The zero-order valence-corrected chi connectivity index (χ0v) is 10.7. The molecule has 2 N–H and O–H groups in total. The summed E-state index contributed by atoms with van der Waals surface area (Å²) in [5, 5.41) is 11.8. The fraction of sp³-hybridized carbons (Fsp3) is 0.545. The molecule has 98 valence electrons. The number of carbonyl (C=O) groups excluding carboxylic acids is 2. The molecule has 2 heterocycles. The Bertz CT molecular complexity index is 435. The lowest BCUT2D eigenvalue weighted by Gasteiger charge is -2.37. The first-order valence-corrected chi connectivity index (χ1v) is 6.62. The Morgan fingerprint density at radius 2 is 2.33 bits per heavy atom. The molecule has 2 unspecified atom stereocenters. The SMILES string of the molecule is CC(=O)NCCSC1=CC2CC(=O)N2C1C(=O)O. The van der Waals surface area contributed by atoms with Gasteiger partial charge in [-0.1, -0.05) is 0 Å². The summed E-state index contributed by atoms with van der Waals surface area (Å²) in [4.78, 5) is 35.3. The van der Waals surface area contributed by atoms with E-state index in [1.54, 1.807) is 0 Å². The van der Waals surface area contributed by atoms with Crippen molar-refractivity contribution < 1.29 is 19.5 Å². The molecule has 1 saturated heterocycles. The highest BCUT2D eigenvalue weighted by atomic mass is 32.2. The van der Waals surface area contributed by atoms with Crippen LogP contribution in [-0.2, 0) is 14.4 Å². The minimum absolute atomic E-state index is 0.0538. The summed E-state index contributed by atoms with van der Waals surface area (Å²) in [6, 6.07) is -0.888. The van der Waals surface area contributed by atoms with Gasteiger partial charge in [-0.25, -0.2) is 4.79 Å². The van der Waals surface area contributed by atoms with Crippen molar-refractivity contribution in [3.63, 3.8) is 0 Å². The second-order valence-corrected chi connectivity index (χ2v) is 5.38. The molecular formula is C11H14N2O4S. The van der Waals surface area contributed by atoms with E-state index in [0.717, 1.165) is 0 Å². The van der Waals surface area contributed by atoms with Crippen LogP contribution in [0.5, 0.6) is 0 Å². The molecule has 2 amide bonds. The molecule has 0 radical (unpaired) electrons. The first-order valence-electron chi connectivity index (χ1n) is 5.63. The highest BCUT2D eigenvalue weighted by molar-refractivity contribution is 8.03. The van der Waals surface area contributed by atoms with Gasteiger partial charge < -0.3 is 15.3 Å². The third kappa shape index (κ3) is 2.35. The standard InChI is InChI=1S/C11H14N2O4S/c1-6(14)12-2-3-18-8-4-7-5-9(15)13(7)10(8)11(16)17/h4,7,10H,2-3,5H2,1H3,(H,12,14)(H,16,17).